The van der Waals surface area contributed by atoms with Crippen LogP contribution in [0.2, 0.25) is 0 Å². The van der Waals surface area contributed by atoms with Crippen molar-refractivity contribution in [3.8, 4) is 5.75 Å². The summed E-state index contributed by atoms with van der Waals surface area (Å²) in [5.74, 6) is 0.258. The molecule has 1 aromatic rings. The maximum atomic E-state index is 11.6. The lowest BCUT2D eigenvalue weighted by atomic mass is 10.0. The molecule has 86 valence electrons. The summed E-state index contributed by atoms with van der Waals surface area (Å²) >= 11 is 0. The zero-order valence-corrected chi connectivity index (χ0v) is 9.19. The first-order valence-corrected chi connectivity index (χ1v) is 5.50. The molecule has 0 aromatic heterocycles. The second kappa shape index (κ2) is 6.77. The van der Waals surface area contributed by atoms with Crippen molar-refractivity contribution in [2.24, 2.45) is 0 Å². The smallest absolute Gasteiger partial charge is 0.162 e. The van der Waals surface area contributed by atoms with E-state index in [1.165, 1.54) is 12.1 Å². The minimum Gasteiger partial charge on any atom is -0.508 e. The van der Waals surface area contributed by atoms with Gasteiger partial charge in [-0.15, -0.1) is 0 Å². The van der Waals surface area contributed by atoms with Crippen molar-refractivity contribution in [3.05, 3.63) is 29.8 Å². The summed E-state index contributed by atoms with van der Waals surface area (Å²) in [6, 6.07) is 6.28. The fraction of sp³-hybridized carbons (Fsp3) is 0.385. The lowest BCUT2D eigenvalue weighted by Gasteiger charge is -2.00. The fourth-order valence-electron chi connectivity index (χ4n) is 1.48. The SMILES string of the molecule is O=CCCCCCC(=O)c1ccc(O)cc1. The Morgan fingerprint density at radius 2 is 1.81 bits per heavy atom. The molecule has 3 nitrogen and oxygen atoms in total. The van der Waals surface area contributed by atoms with Crippen molar-refractivity contribution in [3.63, 3.8) is 0 Å². The molecule has 1 aromatic carbocycles. The molecule has 1 rings (SSSR count). The number of hydrogen-bond donors (Lipinski definition) is 1. The predicted octanol–water partition coefficient (Wildman–Crippen LogP) is 2.72. The highest BCUT2D eigenvalue weighted by atomic mass is 16.3. The van der Waals surface area contributed by atoms with Crippen LogP contribution in [0.5, 0.6) is 5.75 Å². The first kappa shape index (κ1) is 12.4. The number of Topliss-reactive ketones (excluding diaryl/α,β-unsaturated/α-hetero) is 1. The van der Waals surface area contributed by atoms with Gasteiger partial charge in [-0.05, 0) is 37.1 Å². The van der Waals surface area contributed by atoms with Gasteiger partial charge < -0.3 is 9.90 Å². The lowest BCUT2D eigenvalue weighted by molar-refractivity contribution is -0.107. The quantitative estimate of drug-likeness (QED) is 0.436. The van der Waals surface area contributed by atoms with Gasteiger partial charge in [-0.3, -0.25) is 4.79 Å². The number of phenolic OH excluding ortho intramolecular Hbond substituents is 1. The fourth-order valence-corrected chi connectivity index (χ4v) is 1.48. The third-order valence-corrected chi connectivity index (χ3v) is 2.42. The highest BCUT2D eigenvalue weighted by molar-refractivity contribution is 5.96. The summed E-state index contributed by atoms with van der Waals surface area (Å²) in [4.78, 5) is 21.7. The number of aldehydes is 1. The van der Waals surface area contributed by atoms with E-state index >= 15 is 0 Å². The number of unbranched alkanes of at least 4 members (excludes halogenated alkanes) is 3. The van der Waals surface area contributed by atoms with Gasteiger partial charge in [0.2, 0.25) is 0 Å². The molecule has 0 unspecified atom stereocenters. The molecule has 0 bridgehead atoms. The number of phenols is 1. The van der Waals surface area contributed by atoms with Crippen LogP contribution in [0, 0.1) is 0 Å². The molecule has 0 aliphatic carbocycles. The Hall–Kier alpha value is -1.64. The normalized spacial score (nSPS) is 10.0. The van der Waals surface area contributed by atoms with Crippen LogP contribution >= 0.6 is 0 Å². The number of carbonyl (C=O) groups is 2. The van der Waals surface area contributed by atoms with E-state index in [2.05, 4.69) is 0 Å². The largest absolute Gasteiger partial charge is 0.508 e. The Balaban J connectivity index is 2.29. The lowest BCUT2D eigenvalue weighted by Crippen LogP contribution is -1.98. The summed E-state index contributed by atoms with van der Waals surface area (Å²) in [6.07, 6.45) is 4.56. The highest BCUT2D eigenvalue weighted by Crippen LogP contribution is 2.13. The average Bonchev–Trinajstić information content (AvgIpc) is 2.29. The van der Waals surface area contributed by atoms with Crippen LogP contribution in [-0.2, 0) is 4.79 Å². The van der Waals surface area contributed by atoms with E-state index in [9.17, 15) is 9.59 Å². The minimum absolute atomic E-state index is 0.0890. The van der Waals surface area contributed by atoms with Gasteiger partial charge in [-0.1, -0.05) is 6.42 Å². The molecule has 0 heterocycles. The minimum atomic E-state index is 0.0890. The third-order valence-electron chi connectivity index (χ3n) is 2.42. The van der Waals surface area contributed by atoms with Gasteiger partial charge in [0.15, 0.2) is 5.78 Å². The van der Waals surface area contributed by atoms with E-state index in [1.807, 2.05) is 0 Å². The van der Waals surface area contributed by atoms with Gasteiger partial charge >= 0.3 is 0 Å². The zero-order chi connectivity index (χ0) is 11.8. The first-order chi connectivity index (χ1) is 7.74. The molecular weight excluding hydrogens is 204 g/mol. The van der Waals surface area contributed by atoms with Crippen molar-refractivity contribution in [1.29, 1.82) is 0 Å². The molecule has 1 N–H and O–H groups in total. The van der Waals surface area contributed by atoms with Crippen LogP contribution in [-0.4, -0.2) is 17.2 Å². The molecule has 0 spiro atoms. The number of hydrogen-bond acceptors (Lipinski definition) is 3. The van der Waals surface area contributed by atoms with Crippen molar-refractivity contribution in [2.75, 3.05) is 0 Å². The monoisotopic (exact) mass is 220 g/mol. The summed E-state index contributed by atoms with van der Waals surface area (Å²) in [5, 5.41) is 9.07. The Morgan fingerprint density at radius 1 is 1.12 bits per heavy atom. The van der Waals surface area contributed by atoms with Crippen molar-refractivity contribution in [2.45, 2.75) is 32.1 Å². The molecule has 0 atom stereocenters. The molecule has 0 fully saturated rings. The number of rotatable bonds is 7. The summed E-state index contributed by atoms with van der Waals surface area (Å²) in [6.45, 7) is 0. The Morgan fingerprint density at radius 3 is 2.44 bits per heavy atom. The number of ketones is 1. The number of benzene rings is 1. The highest BCUT2D eigenvalue weighted by Gasteiger charge is 2.04. The van der Waals surface area contributed by atoms with E-state index in [1.54, 1.807) is 12.1 Å². The Labute approximate surface area is 95.1 Å². The molecular formula is C13H16O3. The van der Waals surface area contributed by atoms with Crippen LogP contribution in [0.25, 0.3) is 0 Å². The van der Waals surface area contributed by atoms with E-state index in [0.29, 0.717) is 18.4 Å². The topological polar surface area (TPSA) is 54.4 Å². The predicted molar refractivity (Wildman–Crippen MR) is 61.6 cm³/mol. The van der Waals surface area contributed by atoms with Crippen LogP contribution in [0.4, 0.5) is 0 Å². The molecule has 0 aliphatic heterocycles. The Bertz CT molecular complexity index is 341. The Kier molecular flexibility index (Phi) is 5.26. The molecule has 3 heteroatoms. The van der Waals surface area contributed by atoms with Crippen molar-refractivity contribution < 1.29 is 14.7 Å². The first-order valence-electron chi connectivity index (χ1n) is 5.50. The van der Waals surface area contributed by atoms with Gasteiger partial charge in [0, 0.05) is 18.4 Å². The molecule has 0 aliphatic rings. The van der Waals surface area contributed by atoms with Crippen molar-refractivity contribution in [1.82, 2.24) is 0 Å². The summed E-state index contributed by atoms with van der Waals surface area (Å²) in [7, 11) is 0. The maximum absolute atomic E-state index is 11.6. The van der Waals surface area contributed by atoms with Gasteiger partial charge in [0.05, 0.1) is 0 Å². The van der Waals surface area contributed by atoms with Crippen molar-refractivity contribution >= 4 is 12.1 Å². The average molecular weight is 220 g/mol. The van der Waals surface area contributed by atoms with Crippen LogP contribution in [0.1, 0.15) is 42.5 Å². The van der Waals surface area contributed by atoms with Gasteiger partial charge in [-0.25, -0.2) is 0 Å². The molecule has 0 amide bonds. The van der Waals surface area contributed by atoms with Crippen LogP contribution < -0.4 is 0 Å². The van der Waals surface area contributed by atoms with Crippen LogP contribution in [0.15, 0.2) is 24.3 Å². The molecule has 0 saturated heterocycles. The van der Waals surface area contributed by atoms with E-state index in [4.69, 9.17) is 5.11 Å². The van der Waals surface area contributed by atoms with Gasteiger partial charge in [0.25, 0.3) is 0 Å². The molecule has 0 saturated carbocycles. The second-order valence-corrected chi connectivity index (χ2v) is 3.74. The summed E-state index contributed by atoms with van der Waals surface area (Å²) in [5.41, 5.74) is 0.633. The zero-order valence-electron chi connectivity index (χ0n) is 9.19. The maximum Gasteiger partial charge on any atom is 0.162 e. The van der Waals surface area contributed by atoms with Gasteiger partial charge in [-0.2, -0.15) is 0 Å². The summed E-state index contributed by atoms with van der Waals surface area (Å²) < 4.78 is 0. The second-order valence-electron chi connectivity index (χ2n) is 3.74. The van der Waals surface area contributed by atoms with E-state index in [-0.39, 0.29) is 11.5 Å². The molecule has 16 heavy (non-hydrogen) atoms. The van der Waals surface area contributed by atoms with Gasteiger partial charge in [0.1, 0.15) is 12.0 Å². The third kappa shape index (κ3) is 4.26. The van der Waals surface area contributed by atoms with E-state index in [0.717, 1.165) is 25.5 Å². The standard InChI is InChI=1S/C13H16O3/c14-10-4-2-1-3-5-13(16)11-6-8-12(15)9-7-11/h6-10,15H,1-5H2. The number of carbonyl (C=O) groups excluding carboxylic acids is 2. The van der Waals surface area contributed by atoms with E-state index < -0.39 is 0 Å². The van der Waals surface area contributed by atoms with Crippen LogP contribution in [0.3, 0.4) is 0 Å². The number of aromatic hydroxyl groups is 1. The molecule has 0 radical (unpaired) electrons.